The lowest BCUT2D eigenvalue weighted by Gasteiger charge is -2.42. The second-order valence-electron chi connectivity index (χ2n) is 9.04. The van der Waals surface area contributed by atoms with Crippen molar-refractivity contribution < 1.29 is 17.9 Å². The van der Waals surface area contributed by atoms with Gasteiger partial charge in [0.05, 0.1) is 17.7 Å². The number of sulfone groups is 1. The molecular weight excluding hydrogens is 452 g/mol. The highest BCUT2D eigenvalue weighted by atomic mass is 32.2. The van der Waals surface area contributed by atoms with Crippen LogP contribution in [-0.2, 0) is 16.4 Å². The quantitative estimate of drug-likeness (QED) is 0.676. The van der Waals surface area contributed by atoms with Gasteiger partial charge in [-0.05, 0) is 49.7 Å². The Morgan fingerprint density at radius 1 is 0.971 bits per heavy atom. The molecule has 0 unspecified atom stereocenters. The lowest BCUT2D eigenvalue weighted by molar-refractivity contribution is 0.0688. The van der Waals surface area contributed by atoms with E-state index in [2.05, 4.69) is 15.1 Å². The number of rotatable bonds is 6. The molecule has 8 nitrogen and oxygen atoms in total. The number of carbonyl (C=O) groups is 1. The molecule has 0 saturated carbocycles. The van der Waals surface area contributed by atoms with Gasteiger partial charge in [0.15, 0.2) is 9.84 Å². The van der Waals surface area contributed by atoms with Crippen LogP contribution in [0.3, 0.4) is 0 Å². The van der Waals surface area contributed by atoms with Crippen molar-refractivity contribution in [2.24, 2.45) is 0 Å². The lowest BCUT2D eigenvalue weighted by atomic mass is 10.0. The second-order valence-corrected chi connectivity index (χ2v) is 11.0. The number of hydrogen-bond acceptors (Lipinski definition) is 6. The molecule has 0 radical (unpaired) electrons. The van der Waals surface area contributed by atoms with E-state index in [1.54, 1.807) is 19.2 Å². The zero-order valence-corrected chi connectivity index (χ0v) is 20.8. The van der Waals surface area contributed by atoms with E-state index in [0.29, 0.717) is 42.0 Å². The van der Waals surface area contributed by atoms with Gasteiger partial charge in [-0.15, -0.1) is 0 Å². The van der Waals surface area contributed by atoms with Crippen LogP contribution in [0.4, 0.5) is 10.5 Å². The Hall–Kier alpha value is -2.62. The Balaban J connectivity index is 1.25. The molecule has 0 atom stereocenters. The van der Waals surface area contributed by atoms with E-state index in [1.165, 1.54) is 6.26 Å². The number of para-hydroxylation sites is 2. The molecule has 0 spiro atoms. The average molecular weight is 487 g/mol. The Morgan fingerprint density at radius 2 is 1.62 bits per heavy atom. The van der Waals surface area contributed by atoms with Crippen LogP contribution in [0.15, 0.2) is 53.4 Å². The third kappa shape index (κ3) is 5.89. The number of anilines is 1. The van der Waals surface area contributed by atoms with Gasteiger partial charge in [0, 0.05) is 45.0 Å². The van der Waals surface area contributed by atoms with Crippen molar-refractivity contribution in [2.45, 2.75) is 30.3 Å². The van der Waals surface area contributed by atoms with Gasteiger partial charge in [-0.2, -0.15) is 0 Å². The standard InChI is InChI=1S/C25H34N4O4S/c1-33-23-9-5-4-8-22(23)26-25(30)29-17-15-28(16-18-29)21-11-13-27(14-12-21)19-20-7-3-6-10-24(20)34(2,31)32/h3-10,21H,11-19H2,1-2H3,(H,26,30). The lowest BCUT2D eigenvalue weighted by Crippen LogP contribution is -2.55. The van der Waals surface area contributed by atoms with Crippen LogP contribution in [0.25, 0.3) is 0 Å². The molecule has 0 aliphatic carbocycles. The van der Waals surface area contributed by atoms with Gasteiger partial charge in [0.25, 0.3) is 0 Å². The third-order valence-electron chi connectivity index (χ3n) is 6.79. The summed E-state index contributed by atoms with van der Waals surface area (Å²) < 4.78 is 29.5. The van der Waals surface area contributed by atoms with E-state index >= 15 is 0 Å². The van der Waals surface area contributed by atoms with Gasteiger partial charge in [-0.3, -0.25) is 9.80 Å². The van der Waals surface area contributed by atoms with Crippen LogP contribution < -0.4 is 10.1 Å². The zero-order chi connectivity index (χ0) is 24.1. The molecule has 34 heavy (non-hydrogen) atoms. The van der Waals surface area contributed by atoms with Crippen LogP contribution in [0.5, 0.6) is 5.75 Å². The first-order chi connectivity index (χ1) is 16.3. The first-order valence-corrected chi connectivity index (χ1v) is 13.7. The van der Waals surface area contributed by atoms with Crippen molar-refractivity contribution in [3.63, 3.8) is 0 Å². The van der Waals surface area contributed by atoms with E-state index in [4.69, 9.17) is 4.74 Å². The molecule has 1 N–H and O–H groups in total. The molecule has 4 rings (SSSR count). The van der Waals surface area contributed by atoms with Crippen LogP contribution in [0.1, 0.15) is 18.4 Å². The van der Waals surface area contributed by atoms with Crippen molar-refractivity contribution in [3.05, 3.63) is 54.1 Å². The maximum Gasteiger partial charge on any atom is 0.322 e. The highest BCUT2D eigenvalue weighted by Crippen LogP contribution is 2.25. The van der Waals surface area contributed by atoms with E-state index in [-0.39, 0.29) is 6.03 Å². The number of ether oxygens (including phenoxy) is 1. The summed E-state index contributed by atoms with van der Waals surface area (Å²) in [6.07, 6.45) is 3.37. The maximum atomic E-state index is 12.7. The molecule has 2 aromatic rings. The van der Waals surface area contributed by atoms with Crippen molar-refractivity contribution in [3.8, 4) is 5.75 Å². The summed E-state index contributed by atoms with van der Waals surface area (Å²) in [4.78, 5) is 19.9. The van der Waals surface area contributed by atoms with E-state index in [0.717, 1.165) is 44.6 Å². The predicted octanol–water partition coefficient (Wildman–Crippen LogP) is 2.91. The molecular formula is C25H34N4O4S. The number of piperidine rings is 1. The summed E-state index contributed by atoms with van der Waals surface area (Å²) in [7, 11) is -1.63. The summed E-state index contributed by atoms with van der Waals surface area (Å²) in [6.45, 7) is 5.66. The van der Waals surface area contributed by atoms with Crippen LogP contribution >= 0.6 is 0 Å². The van der Waals surface area contributed by atoms with Crippen LogP contribution in [0.2, 0.25) is 0 Å². The molecule has 2 aliphatic rings. The van der Waals surface area contributed by atoms with Gasteiger partial charge >= 0.3 is 6.03 Å². The first-order valence-electron chi connectivity index (χ1n) is 11.8. The molecule has 2 heterocycles. The number of urea groups is 1. The largest absolute Gasteiger partial charge is 0.495 e. The minimum Gasteiger partial charge on any atom is -0.495 e. The number of nitrogens with zero attached hydrogens (tertiary/aromatic N) is 3. The fraction of sp³-hybridized carbons (Fsp3) is 0.480. The molecule has 2 amide bonds. The van der Waals surface area contributed by atoms with Crippen LogP contribution in [0, 0.1) is 0 Å². The topological polar surface area (TPSA) is 82.2 Å². The molecule has 2 saturated heterocycles. The number of methoxy groups -OCH3 is 1. The molecule has 2 fully saturated rings. The van der Waals surface area contributed by atoms with Crippen molar-refractivity contribution in [1.82, 2.24) is 14.7 Å². The third-order valence-corrected chi connectivity index (χ3v) is 7.99. The highest BCUT2D eigenvalue weighted by Gasteiger charge is 2.29. The summed E-state index contributed by atoms with van der Waals surface area (Å²) in [5.41, 5.74) is 1.56. The zero-order valence-electron chi connectivity index (χ0n) is 19.9. The Kier molecular flexibility index (Phi) is 7.75. The molecule has 184 valence electrons. The monoisotopic (exact) mass is 486 g/mol. The summed E-state index contributed by atoms with van der Waals surface area (Å²) in [5.74, 6) is 0.653. The van der Waals surface area contributed by atoms with Gasteiger partial charge in [0.1, 0.15) is 5.75 Å². The fourth-order valence-electron chi connectivity index (χ4n) is 4.91. The van der Waals surface area contributed by atoms with Gasteiger partial charge in [-0.25, -0.2) is 13.2 Å². The summed E-state index contributed by atoms with van der Waals surface area (Å²) in [5, 5.41) is 2.96. The number of hydrogen-bond donors (Lipinski definition) is 1. The van der Waals surface area contributed by atoms with Gasteiger partial charge in [0.2, 0.25) is 0 Å². The predicted molar refractivity (Wildman–Crippen MR) is 133 cm³/mol. The summed E-state index contributed by atoms with van der Waals surface area (Å²) in [6, 6.07) is 15.1. The first kappa shape index (κ1) is 24.5. The Labute approximate surface area is 202 Å². The molecule has 0 bridgehead atoms. The number of benzene rings is 2. The van der Waals surface area contributed by atoms with Crippen LogP contribution in [-0.4, -0.2) is 87.8 Å². The summed E-state index contributed by atoms with van der Waals surface area (Å²) >= 11 is 0. The van der Waals surface area contributed by atoms with E-state index in [9.17, 15) is 13.2 Å². The average Bonchev–Trinajstić information content (AvgIpc) is 2.84. The molecule has 2 aliphatic heterocycles. The Bertz CT molecular complexity index is 1090. The van der Waals surface area contributed by atoms with Gasteiger partial charge < -0.3 is 15.0 Å². The maximum absolute atomic E-state index is 12.7. The number of amides is 2. The van der Waals surface area contributed by atoms with Crippen molar-refractivity contribution in [1.29, 1.82) is 0 Å². The Morgan fingerprint density at radius 3 is 2.29 bits per heavy atom. The number of carbonyl (C=O) groups excluding carboxylic acids is 1. The SMILES string of the molecule is COc1ccccc1NC(=O)N1CCN(C2CCN(Cc3ccccc3S(C)(=O)=O)CC2)CC1. The van der Waals surface area contributed by atoms with E-state index < -0.39 is 9.84 Å². The number of likely N-dealkylation sites (tertiary alicyclic amines) is 1. The van der Waals surface area contributed by atoms with Gasteiger partial charge in [-0.1, -0.05) is 30.3 Å². The minimum absolute atomic E-state index is 0.0940. The number of piperazine rings is 1. The minimum atomic E-state index is -3.23. The number of nitrogens with one attached hydrogen (secondary N) is 1. The fourth-order valence-corrected chi connectivity index (χ4v) is 5.85. The van der Waals surface area contributed by atoms with Crippen molar-refractivity contribution >= 4 is 21.6 Å². The smallest absolute Gasteiger partial charge is 0.322 e. The molecule has 2 aromatic carbocycles. The normalized spacial score (nSPS) is 18.6. The highest BCUT2D eigenvalue weighted by molar-refractivity contribution is 7.90. The molecule has 0 aromatic heterocycles. The van der Waals surface area contributed by atoms with Crippen molar-refractivity contribution in [2.75, 3.05) is 58.0 Å². The second kappa shape index (κ2) is 10.8. The van der Waals surface area contributed by atoms with E-state index in [1.807, 2.05) is 41.3 Å². The molecule has 9 heteroatoms.